The van der Waals surface area contributed by atoms with Crippen molar-refractivity contribution in [2.75, 3.05) is 0 Å². The van der Waals surface area contributed by atoms with Gasteiger partial charge in [-0.1, -0.05) is 13.8 Å². The predicted octanol–water partition coefficient (Wildman–Crippen LogP) is 3.02. The number of hydrogen-bond acceptors (Lipinski definition) is 4. The number of non-ortho nitro benzene ring substituents is 1. The van der Waals surface area contributed by atoms with Crippen LogP contribution in [-0.2, 0) is 0 Å². The van der Waals surface area contributed by atoms with E-state index in [0.717, 1.165) is 12.5 Å². The fourth-order valence-electron chi connectivity index (χ4n) is 1.44. The van der Waals surface area contributed by atoms with Crippen molar-refractivity contribution in [2.45, 2.75) is 26.2 Å². The van der Waals surface area contributed by atoms with E-state index in [0.29, 0.717) is 5.56 Å². The van der Waals surface area contributed by atoms with Gasteiger partial charge in [-0.05, 0) is 18.4 Å². The van der Waals surface area contributed by atoms with Crippen molar-refractivity contribution >= 4 is 11.4 Å². The Morgan fingerprint density at radius 1 is 1.25 bits per heavy atom. The highest BCUT2D eigenvalue weighted by atomic mass is 16.6. The summed E-state index contributed by atoms with van der Waals surface area (Å²) in [7, 11) is 0. The third kappa shape index (κ3) is 2.33. The molecule has 0 aliphatic rings. The molecule has 0 bridgehead atoms. The van der Waals surface area contributed by atoms with Gasteiger partial charge in [0.15, 0.2) is 0 Å². The van der Waals surface area contributed by atoms with Crippen LogP contribution < -0.4 is 0 Å². The van der Waals surface area contributed by atoms with Crippen molar-refractivity contribution in [3.8, 4) is 0 Å². The molecule has 0 radical (unpaired) electrons. The van der Waals surface area contributed by atoms with Gasteiger partial charge >= 0.3 is 0 Å². The number of nitro benzene ring substituents is 2. The van der Waals surface area contributed by atoms with Gasteiger partial charge in [0, 0.05) is 11.6 Å². The zero-order chi connectivity index (χ0) is 12.3. The first-order valence-corrected chi connectivity index (χ1v) is 4.90. The molecule has 0 saturated carbocycles. The van der Waals surface area contributed by atoms with Crippen LogP contribution in [0.3, 0.4) is 0 Å². The topological polar surface area (TPSA) is 86.3 Å². The molecule has 1 atom stereocenters. The van der Waals surface area contributed by atoms with Crippen LogP contribution in [0.4, 0.5) is 11.4 Å². The van der Waals surface area contributed by atoms with Crippen molar-refractivity contribution < 1.29 is 9.85 Å². The Balaban J connectivity index is 3.30. The van der Waals surface area contributed by atoms with E-state index in [1.807, 2.05) is 13.8 Å². The normalized spacial score (nSPS) is 12.1. The maximum atomic E-state index is 10.8. The summed E-state index contributed by atoms with van der Waals surface area (Å²) in [6.07, 6.45) is 0.749. The van der Waals surface area contributed by atoms with E-state index in [9.17, 15) is 20.2 Å². The summed E-state index contributed by atoms with van der Waals surface area (Å²) in [6.45, 7) is 3.77. The van der Waals surface area contributed by atoms with Crippen LogP contribution in [0.2, 0.25) is 0 Å². The summed E-state index contributed by atoms with van der Waals surface area (Å²) in [5.41, 5.74) is 0.111. The van der Waals surface area contributed by atoms with Crippen LogP contribution in [-0.4, -0.2) is 9.85 Å². The van der Waals surface area contributed by atoms with Gasteiger partial charge < -0.3 is 0 Å². The van der Waals surface area contributed by atoms with E-state index in [2.05, 4.69) is 0 Å². The molecule has 1 aromatic rings. The lowest BCUT2D eigenvalue weighted by atomic mass is 9.96. The molecule has 86 valence electrons. The highest BCUT2D eigenvalue weighted by Crippen LogP contribution is 2.31. The van der Waals surface area contributed by atoms with Crippen molar-refractivity contribution in [1.29, 1.82) is 0 Å². The van der Waals surface area contributed by atoms with Crippen LogP contribution >= 0.6 is 0 Å². The highest BCUT2D eigenvalue weighted by molar-refractivity contribution is 5.50. The molecule has 0 aliphatic heterocycles. The predicted molar refractivity (Wildman–Crippen MR) is 58.5 cm³/mol. The quantitative estimate of drug-likeness (QED) is 0.581. The van der Waals surface area contributed by atoms with Gasteiger partial charge in [-0.2, -0.15) is 0 Å². The maximum absolute atomic E-state index is 10.8. The Morgan fingerprint density at radius 2 is 1.88 bits per heavy atom. The Kier molecular flexibility index (Phi) is 3.55. The summed E-state index contributed by atoms with van der Waals surface area (Å²) >= 11 is 0. The number of rotatable bonds is 4. The average molecular weight is 224 g/mol. The Bertz CT molecular complexity index is 431. The number of benzene rings is 1. The third-order valence-electron chi connectivity index (χ3n) is 2.56. The second-order valence-corrected chi connectivity index (χ2v) is 3.57. The summed E-state index contributed by atoms with van der Waals surface area (Å²) < 4.78 is 0. The molecule has 1 rings (SSSR count). The minimum absolute atomic E-state index is 0.0150. The molecule has 1 aromatic carbocycles. The molecule has 0 heterocycles. The Labute approximate surface area is 92.2 Å². The lowest BCUT2D eigenvalue weighted by Crippen LogP contribution is -2.00. The van der Waals surface area contributed by atoms with E-state index in [4.69, 9.17) is 0 Å². The Morgan fingerprint density at radius 3 is 2.31 bits per heavy atom. The zero-order valence-corrected chi connectivity index (χ0v) is 9.04. The maximum Gasteiger partial charge on any atom is 0.279 e. The molecule has 0 saturated heterocycles. The number of hydrogen-bond donors (Lipinski definition) is 0. The smallest absolute Gasteiger partial charge is 0.258 e. The molecule has 6 nitrogen and oxygen atoms in total. The number of nitrogens with zero attached hydrogens (tertiary/aromatic N) is 2. The monoisotopic (exact) mass is 224 g/mol. The van der Waals surface area contributed by atoms with E-state index < -0.39 is 9.85 Å². The van der Waals surface area contributed by atoms with Gasteiger partial charge in [0.25, 0.3) is 11.4 Å². The highest BCUT2D eigenvalue weighted by Gasteiger charge is 2.21. The lowest BCUT2D eigenvalue weighted by Gasteiger charge is -2.08. The zero-order valence-electron chi connectivity index (χ0n) is 9.04. The van der Waals surface area contributed by atoms with Gasteiger partial charge in [0.2, 0.25) is 0 Å². The fraction of sp³-hybridized carbons (Fsp3) is 0.400. The van der Waals surface area contributed by atoms with Crippen molar-refractivity contribution in [3.05, 3.63) is 44.0 Å². The molecule has 6 heteroatoms. The minimum atomic E-state index is -0.632. The molecular formula is C10H12N2O4. The van der Waals surface area contributed by atoms with Crippen LogP contribution in [0.1, 0.15) is 31.7 Å². The van der Waals surface area contributed by atoms with E-state index in [1.165, 1.54) is 12.1 Å². The molecule has 16 heavy (non-hydrogen) atoms. The largest absolute Gasteiger partial charge is 0.279 e. The van der Waals surface area contributed by atoms with Gasteiger partial charge in [-0.15, -0.1) is 0 Å². The van der Waals surface area contributed by atoms with Crippen LogP contribution in [0.25, 0.3) is 0 Å². The van der Waals surface area contributed by atoms with Crippen LogP contribution in [0.5, 0.6) is 0 Å². The standard InChI is InChI=1S/C10H12N2O4/c1-3-7(2)9-5-4-8(11(13)14)6-10(9)12(15)16/h4-7H,3H2,1-2H3. The minimum Gasteiger partial charge on any atom is -0.258 e. The van der Waals surface area contributed by atoms with Gasteiger partial charge in [-0.3, -0.25) is 20.2 Å². The Hall–Kier alpha value is -1.98. The van der Waals surface area contributed by atoms with Gasteiger partial charge in [-0.25, -0.2) is 0 Å². The molecule has 1 unspecified atom stereocenters. The molecular weight excluding hydrogens is 212 g/mol. The van der Waals surface area contributed by atoms with Crippen molar-refractivity contribution in [2.24, 2.45) is 0 Å². The molecule has 0 aromatic heterocycles. The summed E-state index contributed by atoms with van der Waals surface area (Å²) in [6, 6.07) is 3.78. The number of nitro groups is 2. The first kappa shape index (κ1) is 12.1. The average Bonchev–Trinajstić information content (AvgIpc) is 2.26. The third-order valence-corrected chi connectivity index (χ3v) is 2.56. The first-order chi connectivity index (χ1) is 7.47. The van der Waals surface area contributed by atoms with Crippen molar-refractivity contribution in [3.63, 3.8) is 0 Å². The molecule has 0 N–H and O–H groups in total. The lowest BCUT2D eigenvalue weighted by molar-refractivity contribution is -0.394. The molecule has 0 fully saturated rings. The van der Waals surface area contributed by atoms with E-state index in [1.54, 1.807) is 0 Å². The van der Waals surface area contributed by atoms with Gasteiger partial charge in [0.1, 0.15) is 0 Å². The molecule has 0 amide bonds. The fourth-order valence-corrected chi connectivity index (χ4v) is 1.44. The SMILES string of the molecule is CCC(C)c1ccc([N+](=O)[O-])cc1[N+](=O)[O-]. The summed E-state index contributed by atoms with van der Waals surface area (Å²) in [5, 5.41) is 21.3. The second-order valence-electron chi connectivity index (χ2n) is 3.57. The van der Waals surface area contributed by atoms with Crippen molar-refractivity contribution in [1.82, 2.24) is 0 Å². The van der Waals surface area contributed by atoms with E-state index in [-0.39, 0.29) is 17.3 Å². The van der Waals surface area contributed by atoms with Crippen LogP contribution in [0, 0.1) is 20.2 Å². The second kappa shape index (κ2) is 4.69. The van der Waals surface area contributed by atoms with Crippen LogP contribution in [0.15, 0.2) is 18.2 Å². The first-order valence-electron chi connectivity index (χ1n) is 4.90. The summed E-state index contributed by atoms with van der Waals surface area (Å²) in [5.74, 6) is 0.0150. The summed E-state index contributed by atoms with van der Waals surface area (Å²) in [4.78, 5) is 20.1. The van der Waals surface area contributed by atoms with E-state index >= 15 is 0 Å². The molecule has 0 spiro atoms. The molecule has 0 aliphatic carbocycles. The van der Waals surface area contributed by atoms with Gasteiger partial charge in [0.05, 0.1) is 15.9 Å².